The zero-order valence-electron chi connectivity index (χ0n) is 16.8. The van der Waals surface area contributed by atoms with E-state index in [1.807, 2.05) is 25.1 Å². The highest BCUT2D eigenvalue weighted by Crippen LogP contribution is 2.35. The van der Waals surface area contributed by atoms with Crippen molar-refractivity contribution >= 4 is 5.91 Å². The second-order valence-electron chi connectivity index (χ2n) is 7.31. The molecule has 1 saturated heterocycles. The molecule has 2 aliphatic heterocycles. The van der Waals surface area contributed by atoms with Gasteiger partial charge < -0.3 is 19.1 Å². The fraction of sp³-hybridized carbons (Fsp3) is 0.333. The van der Waals surface area contributed by atoms with E-state index in [1.54, 1.807) is 11.0 Å². The van der Waals surface area contributed by atoms with Crippen LogP contribution in [-0.4, -0.2) is 57.0 Å². The minimum Gasteiger partial charge on any atom is -0.470 e. The molecule has 1 unspecified atom stereocenters. The molecule has 4 heterocycles. The number of amides is 1. The number of H-pyrrole nitrogens is 1. The lowest BCUT2D eigenvalue weighted by molar-refractivity contribution is 0.0764. The summed E-state index contributed by atoms with van der Waals surface area (Å²) in [5.41, 5.74) is 2.12. The van der Waals surface area contributed by atoms with E-state index in [1.165, 1.54) is 6.33 Å². The first-order valence-electron chi connectivity index (χ1n) is 10.0. The first-order chi connectivity index (χ1) is 15.1. The molecule has 1 N–H and O–H groups in total. The molecule has 0 radical (unpaired) electrons. The molecule has 2 aliphatic rings. The van der Waals surface area contributed by atoms with Gasteiger partial charge in [0.1, 0.15) is 18.1 Å². The smallest absolute Gasteiger partial charge is 0.272 e. The maximum absolute atomic E-state index is 14.3. The van der Waals surface area contributed by atoms with Gasteiger partial charge in [-0.3, -0.25) is 9.89 Å². The molecule has 0 spiro atoms. The number of rotatable bonds is 5. The predicted octanol–water partition coefficient (Wildman–Crippen LogP) is 2.59. The third kappa shape index (κ3) is 3.65. The number of likely N-dealkylation sites (tertiary alicyclic amines) is 1. The maximum Gasteiger partial charge on any atom is 0.272 e. The number of aromatic nitrogens is 4. The van der Waals surface area contributed by atoms with Crippen molar-refractivity contribution in [2.24, 2.45) is 0 Å². The molecule has 1 atom stereocenters. The zero-order chi connectivity index (χ0) is 21.4. The average Bonchev–Trinajstić information content (AvgIpc) is 3.54. The molecule has 0 saturated carbocycles. The summed E-state index contributed by atoms with van der Waals surface area (Å²) in [5.74, 6) is 0.526. The molecule has 1 fully saturated rings. The van der Waals surface area contributed by atoms with Crippen LogP contribution in [0.15, 0.2) is 30.6 Å². The number of halogens is 1. The Bertz CT molecular complexity index is 1130. The highest BCUT2D eigenvalue weighted by atomic mass is 19.1. The van der Waals surface area contributed by atoms with E-state index < -0.39 is 5.82 Å². The number of nitrogens with one attached hydrogen (secondary N) is 1. The number of benzene rings is 1. The number of hydrogen-bond donors (Lipinski definition) is 1. The van der Waals surface area contributed by atoms with E-state index in [-0.39, 0.29) is 24.7 Å². The number of hydrogen-bond acceptors (Lipinski definition) is 7. The number of aryl methyl sites for hydroxylation is 1. The Morgan fingerprint density at radius 2 is 2.16 bits per heavy atom. The van der Waals surface area contributed by atoms with Gasteiger partial charge in [-0.2, -0.15) is 14.5 Å². The van der Waals surface area contributed by atoms with Gasteiger partial charge in [0.2, 0.25) is 12.6 Å². The molecule has 31 heavy (non-hydrogen) atoms. The summed E-state index contributed by atoms with van der Waals surface area (Å²) in [5, 5.41) is 7.06. The van der Waals surface area contributed by atoms with E-state index in [0.717, 1.165) is 5.56 Å². The van der Waals surface area contributed by atoms with Crippen LogP contribution in [0.2, 0.25) is 0 Å². The number of nitrogens with zero attached hydrogens (tertiary/aromatic N) is 4. The van der Waals surface area contributed by atoms with E-state index in [2.05, 4.69) is 20.2 Å². The van der Waals surface area contributed by atoms with Crippen LogP contribution < -0.4 is 14.2 Å². The van der Waals surface area contributed by atoms with Gasteiger partial charge in [-0.25, -0.2) is 4.98 Å². The summed E-state index contributed by atoms with van der Waals surface area (Å²) < 4.78 is 30.8. The largest absolute Gasteiger partial charge is 0.470 e. The van der Waals surface area contributed by atoms with E-state index in [0.29, 0.717) is 54.5 Å². The van der Waals surface area contributed by atoms with Gasteiger partial charge in [0.05, 0.1) is 17.9 Å². The number of aromatic amines is 1. The Hall–Kier alpha value is -3.69. The molecule has 1 aromatic carbocycles. The van der Waals surface area contributed by atoms with Crippen LogP contribution in [-0.2, 0) is 6.42 Å². The Morgan fingerprint density at radius 3 is 3.03 bits per heavy atom. The predicted molar refractivity (Wildman–Crippen MR) is 106 cm³/mol. The molecule has 3 aromatic rings. The zero-order valence-corrected chi connectivity index (χ0v) is 16.8. The van der Waals surface area contributed by atoms with Gasteiger partial charge >= 0.3 is 0 Å². The van der Waals surface area contributed by atoms with Crippen LogP contribution in [0.3, 0.4) is 0 Å². The van der Waals surface area contributed by atoms with Crippen molar-refractivity contribution in [2.45, 2.75) is 25.9 Å². The Balaban J connectivity index is 1.26. The second kappa shape index (κ2) is 7.86. The van der Waals surface area contributed by atoms with Crippen LogP contribution in [0.4, 0.5) is 4.39 Å². The third-order valence-corrected chi connectivity index (χ3v) is 5.35. The maximum atomic E-state index is 14.3. The molecular weight excluding hydrogens is 405 g/mol. The fourth-order valence-electron chi connectivity index (χ4n) is 3.69. The first kappa shape index (κ1) is 19.3. The van der Waals surface area contributed by atoms with E-state index in [4.69, 9.17) is 14.2 Å². The monoisotopic (exact) mass is 425 g/mol. The lowest BCUT2D eigenvalue weighted by Gasteiger charge is -2.16. The minimum atomic E-state index is -0.545. The Labute approximate surface area is 177 Å². The molecule has 10 heteroatoms. The Morgan fingerprint density at radius 1 is 1.29 bits per heavy atom. The van der Waals surface area contributed by atoms with Gasteiger partial charge in [-0.15, -0.1) is 0 Å². The summed E-state index contributed by atoms with van der Waals surface area (Å²) in [6, 6.07) is 7.20. The number of fused-ring (bicyclic) bond motifs is 1. The molecule has 0 bridgehead atoms. The SMILES string of the molecule is CCc1ncnc(OC2CCN(C(=O)c3cc(-c4ccc5c(c4)OCO5)n[nH]3)C2)c1F. The second-order valence-corrected chi connectivity index (χ2v) is 7.31. The lowest BCUT2D eigenvalue weighted by atomic mass is 10.1. The molecule has 160 valence electrons. The van der Waals surface area contributed by atoms with Crippen molar-refractivity contribution in [3.8, 4) is 28.6 Å². The van der Waals surface area contributed by atoms with Crippen LogP contribution in [0.25, 0.3) is 11.3 Å². The third-order valence-electron chi connectivity index (χ3n) is 5.35. The highest BCUT2D eigenvalue weighted by Gasteiger charge is 2.30. The van der Waals surface area contributed by atoms with Crippen LogP contribution >= 0.6 is 0 Å². The van der Waals surface area contributed by atoms with Crippen LogP contribution in [0, 0.1) is 5.82 Å². The van der Waals surface area contributed by atoms with Gasteiger partial charge in [0, 0.05) is 18.5 Å². The first-order valence-corrected chi connectivity index (χ1v) is 10.0. The molecule has 9 nitrogen and oxygen atoms in total. The quantitative estimate of drug-likeness (QED) is 0.670. The molecular formula is C21H20FN5O4. The van der Waals surface area contributed by atoms with E-state index >= 15 is 0 Å². The number of carbonyl (C=O) groups is 1. The summed E-state index contributed by atoms with van der Waals surface area (Å²) >= 11 is 0. The summed E-state index contributed by atoms with van der Waals surface area (Å²) in [6.07, 6.45) is 1.98. The lowest BCUT2D eigenvalue weighted by Crippen LogP contribution is -2.31. The van der Waals surface area contributed by atoms with Crippen molar-refractivity contribution in [2.75, 3.05) is 19.9 Å². The van der Waals surface area contributed by atoms with E-state index in [9.17, 15) is 9.18 Å². The van der Waals surface area contributed by atoms with Crippen LogP contribution in [0.1, 0.15) is 29.5 Å². The van der Waals surface area contributed by atoms with Crippen molar-refractivity contribution < 1.29 is 23.4 Å². The fourth-order valence-corrected chi connectivity index (χ4v) is 3.69. The van der Waals surface area contributed by atoms with Gasteiger partial charge in [-0.1, -0.05) is 6.92 Å². The van der Waals surface area contributed by atoms with Crippen molar-refractivity contribution in [1.29, 1.82) is 0 Å². The highest BCUT2D eigenvalue weighted by molar-refractivity contribution is 5.93. The standard InChI is InChI=1S/C21H20FN5O4/c1-2-14-19(22)20(24-10-23-14)31-13-5-6-27(9-13)21(28)16-8-15(25-26-16)12-3-4-17-18(7-12)30-11-29-17/h3-4,7-8,10,13H,2,5-6,9,11H2,1H3,(H,25,26). The summed E-state index contributed by atoms with van der Waals surface area (Å²) in [6.45, 7) is 2.84. The van der Waals surface area contributed by atoms with Gasteiger partial charge in [0.25, 0.3) is 11.8 Å². The van der Waals surface area contributed by atoms with Crippen molar-refractivity contribution in [3.05, 3.63) is 47.8 Å². The summed E-state index contributed by atoms with van der Waals surface area (Å²) in [4.78, 5) is 22.4. The molecule has 0 aliphatic carbocycles. The molecule has 5 rings (SSSR count). The van der Waals surface area contributed by atoms with Crippen molar-refractivity contribution in [1.82, 2.24) is 25.1 Å². The normalized spacial score (nSPS) is 17.2. The summed E-state index contributed by atoms with van der Waals surface area (Å²) in [7, 11) is 0. The number of ether oxygens (including phenoxy) is 3. The van der Waals surface area contributed by atoms with Crippen molar-refractivity contribution in [3.63, 3.8) is 0 Å². The average molecular weight is 425 g/mol. The number of carbonyl (C=O) groups excluding carboxylic acids is 1. The van der Waals surface area contributed by atoms with Crippen LogP contribution in [0.5, 0.6) is 17.4 Å². The van der Waals surface area contributed by atoms with Gasteiger partial charge in [-0.05, 0) is 30.7 Å². The topological polar surface area (TPSA) is 102 Å². The van der Waals surface area contributed by atoms with Gasteiger partial charge in [0.15, 0.2) is 11.5 Å². The molecule has 2 aromatic heterocycles. The minimum absolute atomic E-state index is 0.0715. The Kier molecular flexibility index (Phi) is 4.89. The molecule has 1 amide bonds.